The van der Waals surface area contributed by atoms with E-state index in [-0.39, 0.29) is 83.2 Å². The molecule has 3 unspecified atom stereocenters. The normalized spacial score (nSPS) is 22.7. The number of ether oxygens (including phenoxy) is 1. The summed E-state index contributed by atoms with van der Waals surface area (Å²) in [7, 11) is -12.3. The van der Waals surface area contributed by atoms with Gasteiger partial charge < -0.3 is 51.3 Å². The summed E-state index contributed by atoms with van der Waals surface area (Å²) < 4.78 is 93.1. The van der Waals surface area contributed by atoms with Crippen molar-refractivity contribution in [1.29, 1.82) is 0 Å². The Labute approximate surface area is 655 Å². The number of halogens is 4. The van der Waals surface area contributed by atoms with Gasteiger partial charge in [-0.25, -0.2) is 45.3 Å². The van der Waals surface area contributed by atoms with Gasteiger partial charge in [-0.15, -0.1) is 34.0 Å². The molecular formula is C67H71BrCl3N13O18S6. The Morgan fingerprint density at radius 3 is 1.54 bits per heavy atom. The zero-order valence-corrected chi connectivity index (χ0v) is 65.2. The fourth-order valence-electron chi connectivity index (χ4n) is 13.1. The molecule has 8 heterocycles. The highest BCUT2D eigenvalue weighted by Crippen LogP contribution is 2.46. The second kappa shape index (κ2) is 35.7. The summed E-state index contributed by atoms with van der Waals surface area (Å²) >= 11 is 25.5. The summed E-state index contributed by atoms with van der Waals surface area (Å²) in [5, 5.41) is 69.9. The van der Waals surface area contributed by atoms with Crippen LogP contribution >= 0.6 is 84.7 Å². The summed E-state index contributed by atoms with van der Waals surface area (Å²) in [6.45, 7) is -0.0811. The van der Waals surface area contributed by atoms with Gasteiger partial charge in [-0.3, -0.25) is 26.9 Å². The topological polar surface area (TPSA) is 502 Å². The number of carbonyl (C=O) groups excluding carboxylic acids is 3. The van der Waals surface area contributed by atoms with Gasteiger partial charge in [0.2, 0.25) is 17.3 Å². The van der Waals surface area contributed by atoms with Gasteiger partial charge in [0.15, 0.2) is 5.22 Å². The molecule has 3 saturated carbocycles. The van der Waals surface area contributed by atoms with Crippen LogP contribution in [0.4, 0.5) is 17.5 Å². The third-order valence-corrected chi connectivity index (χ3v) is 23.9. The van der Waals surface area contributed by atoms with E-state index < -0.39 is 84.7 Å². The fourth-order valence-corrected chi connectivity index (χ4v) is 18.0. The number of aromatic nitrogens is 6. The highest BCUT2D eigenvalue weighted by molar-refractivity contribution is 9.10. The van der Waals surface area contributed by atoms with E-state index in [1.165, 1.54) is 55.0 Å². The molecule has 12 atom stereocenters. The molecular weight excluding hydrogens is 1650 g/mol. The lowest BCUT2D eigenvalue weighted by atomic mass is 9.85. The Morgan fingerprint density at radius 1 is 0.602 bits per heavy atom. The molecule has 4 aliphatic rings. The van der Waals surface area contributed by atoms with Gasteiger partial charge in [0.05, 0.1) is 79.8 Å². The number of rotatable bonds is 27. The first-order valence-corrected chi connectivity index (χ1v) is 41.9. The minimum absolute atomic E-state index is 0.146. The van der Waals surface area contributed by atoms with Crippen molar-refractivity contribution in [1.82, 2.24) is 29.9 Å². The first kappa shape index (κ1) is 82.2. The van der Waals surface area contributed by atoms with Crippen molar-refractivity contribution in [2.75, 3.05) is 42.4 Å². The number of nitrogens with one attached hydrogen (secondary N) is 3. The number of nitrogens with zero attached hydrogens (tertiary/aromatic N) is 6. The third kappa shape index (κ3) is 21.2. The largest absolute Gasteiger partial charge is 0.447 e. The number of hydrogen-bond donors (Lipinski definition) is 11. The molecule has 7 aromatic heterocycles. The van der Waals surface area contributed by atoms with E-state index in [0.717, 1.165) is 56.7 Å². The van der Waals surface area contributed by atoms with Crippen LogP contribution in [0.5, 0.6) is 0 Å². The molecule has 9 aromatic rings. The van der Waals surface area contributed by atoms with Crippen molar-refractivity contribution in [2.45, 2.75) is 106 Å². The van der Waals surface area contributed by atoms with Gasteiger partial charge in [0.1, 0.15) is 53.9 Å². The molecule has 31 nitrogen and oxygen atoms in total. The third-order valence-electron chi connectivity index (χ3n) is 18.3. The van der Waals surface area contributed by atoms with E-state index in [0.29, 0.717) is 97.4 Å². The van der Waals surface area contributed by atoms with E-state index in [4.69, 9.17) is 65.1 Å². The maximum absolute atomic E-state index is 13.6. The minimum Gasteiger partial charge on any atom is -0.447 e. The number of ketones is 3. The molecule has 0 spiro atoms. The van der Waals surface area contributed by atoms with Crippen LogP contribution in [-0.4, -0.2) is 156 Å². The molecule has 41 heteroatoms. The smallest absolute Gasteiger partial charge is 0.333 e. The van der Waals surface area contributed by atoms with Crippen molar-refractivity contribution >= 4 is 150 Å². The van der Waals surface area contributed by atoms with Crippen molar-refractivity contribution < 1.29 is 81.8 Å². The average Bonchev–Trinajstić information content (AvgIpc) is 1.58. The minimum atomic E-state index is -4.11. The van der Waals surface area contributed by atoms with Gasteiger partial charge in [0, 0.05) is 76.1 Å². The quantitative estimate of drug-likeness (QED) is 0.0216. The number of nitrogens with two attached hydrogens (primary N) is 4. The molecule has 0 bridgehead atoms. The predicted octanol–water partition coefficient (Wildman–Crippen LogP) is 8.12. The van der Waals surface area contributed by atoms with E-state index in [1.54, 1.807) is 23.6 Å². The Kier molecular flexibility index (Phi) is 27.2. The number of anilines is 3. The number of furan rings is 1. The van der Waals surface area contributed by atoms with E-state index >= 15 is 0 Å². The number of carbonyl (C=O) groups is 3. The van der Waals surface area contributed by atoms with Crippen LogP contribution in [0.3, 0.4) is 0 Å². The molecule has 1 saturated heterocycles. The molecule has 4 fully saturated rings. The lowest BCUT2D eigenvalue weighted by Gasteiger charge is -2.28. The monoisotopic (exact) mass is 1720 g/mol. The van der Waals surface area contributed by atoms with Crippen molar-refractivity contribution in [2.24, 2.45) is 38.9 Å². The Morgan fingerprint density at radius 2 is 1.08 bits per heavy atom. The summed E-state index contributed by atoms with van der Waals surface area (Å²) in [6, 6.07) is 22.0. The zero-order chi connectivity index (χ0) is 77.4. The van der Waals surface area contributed by atoms with Gasteiger partial charge in [-0.1, -0.05) is 63.4 Å². The summed E-state index contributed by atoms with van der Waals surface area (Å²) in [5.74, 6) is -1.08. The Hall–Kier alpha value is -6.81. The molecule has 0 amide bonds. The second-order valence-electron chi connectivity index (χ2n) is 25.7. The lowest BCUT2D eigenvalue weighted by molar-refractivity contribution is 0.0363. The molecule has 13 rings (SSSR count). The van der Waals surface area contributed by atoms with Crippen LogP contribution in [0.2, 0.25) is 14.6 Å². The second-order valence-corrected chi connectivity index (χ2v) is 34.6. The van der Waals surface area contributed by atoms with Crippen molar-refractivity contribution in [3.8, 4) is 0 Å². The van der Waals surface area contributed by atoms with Gasteiger partial charge in [0.25, 0.3) is 0 Å². The van der Waals surface area contributed by atoms with E-state index in [9.17, 15) is 60.1 Å². The van der Waals surface area contributed by atoms with Gasteiger partial charge in [-0.05, 0) is 151 Å². The van der Waals surface area contributed by atoms with Crippen LogP contribution in [0, 0.1) is 17.8 Å². The number of benzene rings is 2. The van der Waals surface area contributed by atoms with Crippen LogP contribution in [-0.2, 0) is 53.8 Å². The molecule has 108 heavy (non-hydrogen) atoms. The summed E-state index contributed by atoms with van der Waals surface area (Å²) in [4.78, 5) is 66.1. The van der Waals surface area contributed by atoms with Crippen LogP contribution in [0.25, 0.3) is 0 Å². The average molecular weight is 1730 g/mol. The zero-order valence-electron chi connectivity index (χ0n) is 56.4. The van der Waals surface area contributed by atoms with Crippen LogP contribution in [0.15, 0.2) is 136 Å². The SMILES string of the molecule is NC(c1cccc(Br)c1)c1cc(C(=O)c2cncnc2N[C@@H]2C[C@H](COS(N)(=O)=O)[C@@H](O)C2)sc1Cl.NS(=O)(=O)OC[C@H]1C[C@@H](Nc2ncncc2C(=O)c2cc(C(O)c3ccc(Cl)o3)cs2)C[C@@H]1O.NS(=O)(=O)OC[C@H]1C[C@@H](Nc2ncncc2C(=O)c2cc(C3(c4cccc(Cl)c4)CCCO3)cs2)C[C@@H]1O. The highest BCUT2D eigenvalue weighted by atomic mass is 79.9. The van der Waals surface area contributed by atoms with Gasteiger partial charge >= 0.3 is 30.9 Å². The standard InChI is InChI=1S/C25H27ClN4O6S2.C22H23BrClN5O5S2.C20H21ClN4O7S2/c26-18-4-1-3-16(8-18)25(5-2-6-35-25)17-9-22(37-13-17)23(32)20-11-28-14-29-24(20)30-19-7-15(21(31)10-19)12-36-38(27,33)34;23-13-3-1-2-11(4-13)19(25)15-7-18(35-21(15)24)20(31)16-8-27-10-28-22(16)29-14-5-12(17(30)6-14)9-34-36(26,32)33;21-17-2-1-15(32-17)18(27)11-4-16(33-8-11)19(28)13-6-23-9-24-20(13)25-12-3-10(14(26)5-12)7-31-34(22,29)30/h1,3-4,8-9,11,13-15,19,21,31H,2,5-7,10,12H2,(H2,27,33,34)(H,28,29,30);1-4,7-8,10,12,14,17,19,30H,5-6,9,25H2,(H2,26,32,33)(H,27,28,29);1-2,4,6,8-10,12,14,18,26-27H,3,5,7H2,(H2,22,29,30)(H,23,24,25)/t15-,19-,21+,25?;12-,14-,17+,19?;10-,12-,14+,18?/m111/s1. The number of hydrogen-bond acceptors (Lipinski definition) is 31. The molecule has 576 valence electrons. The predicted molar refractivity (Wildman–Crippen MR) is 405 cm³/mol. The van der Waals surface area contributed by atoms with E-state index in [2.05, 4.69) is 74.3 Å². The summed E-state index contributed by atoms with van der Waals surface area (Å²) in [5.41, 5.74) is 10.3. The van der Waals surface area contributed by atoms with Crippen LogP contribution in [0.1, 0.15) is 143 Å². The molecule has 0 radical (unpaired) electrons. The van der Waals surface area contributed by atoms with Crippen molar-refractivity contribution in [3.63, 3.8) is 0 Å². The number of aliphatic hydroxyl groups is 4. The number of aliphatic hydroxyl groups excluding tert-OH is 4. The summed E-state index contributed by atoms with van der Waals surface area (Å²) in [6.07, 6.45) is 8.52. The number of thiophene rings is 3. The first-order chi connectivity index (χ1) is 51.3. The maximum atomic E-state index is 13.6. The van der Waals surface area contributed by atoms with Crippen molar-refractivity contribution in [3.05, 3.63) is 211 Å². The first-order valence-electron chi connectivity index (χ1n) is 33.0. The molecule has 15 N–H and O–H groups in total. The lowest BCUT2D eigenvalue weighted by Crippen LogP contribution is -2.25. The van der Waals surface area contributed by atoms with Gasteiger partial charge in [-0.2, -0.15) is 25.3 Å². The molecule has 1 aliphatic heterocycles. The Balaban J connectivity index is 0.000000161. The molecule has 3 aliphatic carbocycles. The van der Waals surface area contributed by atoms with Crippen LogP contribution < -0.4 is 37.1 Å². The highest BCUT2D eigenvalue weighted by Gasteiger charge is 2.42. The fraction of sp³-hybridized carbons (Fsp3) is 0.358. The maximum Gasteiger partial charge on any atom is 0.333 e. The molecule has 2 aromatic carbocycles. The Bertz CT molecular complexity index is 5060. The van der Waals surface area contributed by atoms with E-state index in [1.807, 2.05) is 60.0 Å².